The molecule has 25 heavy (non-hydrogen) atoms. The lowest BCUT2D eigenvalue weighted by Crippen LogP contribution is -2.38. The van der Waals surface area contributed by atoms with E-state index in [1.165, 1.54) is 23.7 Å². The molecular weight excluding hydrogens is 308 g/mol. The third kappa shape index (κ3) is 3.78. The van der Waals surface area contributed by atoms with E-state index in [9.17, 15) is 4.79 Å². The fourth-order valence-corrected chi connectivity index (χ4v) is 5.45. The summed E-state index contributed by atoms with van der Waals surface area (Å²) in [5, 5.41) is 8.86. The van der Waals surface area contributed by atoms with E-state index in [0.29, 0.717) is 5.56 Å². The first-order chi connectivity index (χ1) is 12.2. The quantitative estimate of drug-likeness (QED) is 0.744. The average molecular weight is 334 g/mol. The largest absolute Gasteiger partial charge is 0.478 e. The van der Waals surface area contributed by atoms with E-state index in [4.69, 9.17) is 5.11 Å². The molecule has 2 aromatic rings. The maximum absolute atomic E-state index is 10.8. The number of rotatable bonds is 2. The van der Waals surface area contributed by atoms with Crippen LogP contribution in [0.3, 0.4) is 0 Å². The topological polar surface area (TPSA) is 37.3 Å². The zero-order valence-electron chi connectivity index (χ0n) is 14.6. The maximum Gasteiger partial charge on any atom is 0.335 e. The van der Waals surface area contributed by atoms with Crippen LogP contribution in [0, 0.1) is 23.7 Å². The van der Waals surface area contributed by atoms with Crippen molar-refractivity contribution >= 4 is 5.97 Å². The molecule has 6 rings (SSSR count). The second kappa shape index (κ2) is 7.03. The minimum absolute atomic E-state index is 0.316. The molecule has 4 bridgehead atoms. The van der Waals surface area contributed by atoms with Crippen LogP contribution in [0.15, 0.2) is 54.6 Å². The van der Waals surface area contributed by atoms with E-state index in [-0.39, 0.29) is 0 Å². The summed E-state index contributed by atoms with van der Waals surface area (Å²) in [5.74, 6) is 3.81. The third-order valence-electron chi connectivity index (χ3n) is 6.22. The van der Waals surface area contributed by atoms with Crippen molar-refractivity contribution in [2.24, 2.45) is 23.7 Å². The first-order valence-electron chi connectivity index (χ1n) is 9.56. The van der Waals surface area contributed by atoms with Gasteiger partial charge in [-0.25, -0.2) is 4.79 Å². The summed E-state index contributed by atoms with van der Waals surface area (Å²) >= 11 is 0. The van der Waals surface area contributed by atoms with Gasteiger partial charge in [0, 0.05) is 0 Å². The molecule has 4 saturated carbocycles. The number of carboxylic acid groups (broad SMARTS) is 1. The van der Waals surface area contributed by atoms with E-state index >= 15 is 0 Å². The van der Waals surface area contributed by atoms with Crippen molar-refractivity contribution in [3.8, 4) is 11.1 Å². The number of carboxylic acids is 1. The minimum Gasteiger partial charge on any atom is -0.478 e. The lowest BCUT2D eigenvalue weighted by Gasteiger charge is -2.49. The molecule has 0 atom stereocenters. The Morgan fingerprint density at radius 2 is 1.16 bits per heavy atom. The van der Waals surface area contributed by atoms with Gasteiger partial charge in [0.05, 0.1) is 5.56 Å². The maximum atomic E-state index is 10.8. The lowest BCUT2D eigenvalue weighted by molar-refractivity contribution is 0.0198. The summed E-state index contributed by atoms with van der Waals surface area (Å²) in [7, 11) is 0. The standard InChI is InChI=1S/C13H10O2.C10H16/c14-13(15)12-8-4-7-11(9-12)10-5-2-1-3-6-10;1-7-2-9-4-8(1)5-10(3-7)6-9/h1-9H,(H,14,15);7-10H,1-6H2. The molecule has 0 amide bonds. The summed E-state index contributed by atoms with van der Waals surface area (Å²) in [6, 6.07) is 16.7. The predicted octanol–water partition coefficient (Wildman–Crippen LogP) is 5.88. The summed E-state index contributed by atoms with van der Waals surface area (Å²) in [5.41, 5.74) is 2.27. The second-order valence-corrected chi connectivity index (χ2v) is 8.13. The van der Waals surface area contributed by atoms with E-state index in [2.05, 4.69) is 0 Å². The predicted molar refractivity (Wildman–Crippen MR) is 100 cm³/mol. The van der Waals surface area contributed by atoms with E-state index < -0.39 is 5.97 Å². The van der Waals surface area contributed by atoms with Crippen LogP contribution in [0.1, 0.15) is 48.9 Å². The highest BCUT2D eigenvalue weighted by Gasteiger charge is 2.41. The molecule has 2 aromatic carbocycles. The first-order valence-corrected chi connectivity index (χ1v) is 9.56. The van der Waals surface area contributed by atoms with Crippen LogP contribution in [0.5, 0.6) is 0 Å². The minimum atomic E-state index is -0.896. The molecule has 0 aliphatic heterocycles. The van der Waals surface area contributed by atoms with Gasteiger partial charge in [-0.3, -0.25) is 0 Å². The Kier molecular flexibility index (Phi) is 4.61. The average Bonchev–Trinajstić information content (AvgIpc) is 2.62. The Bertz CT molecular complexity index is 678. The number of hydrogen-bond donors (Lipinski definition) is 1. The van der Waals surface area contributed by atoms with Crippen molar-refractivity contribution in [1.29, 1.82) is 0 Å². The fourth-order valence-electron chi connectivity index (χ4n) is 5.45. The highest BCUT2D eigenvalue weighted by Crippen LogP contribution is 2.53. The van der Waals surface area contributed by atoms with Crippen molar-refractivity contribution in [2.75, 3.05) is 0 Å². The molecule has 2 nitrogen and oxygen atoms in total. The Hall–Kier alpha value is -2.09. The van der Waals surface area contributed by atoms with Crippen LogP contribution in [-0.4, -0.2) is 11.1 Å². The highest BCUT2D eigenvalue weighted by atomic mass is 16.4. The molecule has 0 unspecified atom stereocenters. The monoisotopic (exact) mass is 334 g/mol. The van der Waals surface area contributed by atoms with Crippen LogP contribution in [0.25, 0.3) is 11.1 Å². The smallest absolute Gasteiger partial charge is 0.335 e. The molecule has 0 spiro atoms. The second-order valence-electron chi connectivity index (χ2n) is 8.13. The van der Waals surface area contributed by atoms with Crippen molar-refractivity contribution in [2.45, 2.75) is 38.5 Å². The van der Waals surface area contributed by atoms with Gasteiger partial charge >= 0.3 is 5.97 Å². The summed E-state index contributed by atoms with van der Waals surface area (Å²) < 4.78 is 0. The van der Waals surface area contributed by atoms with Crippen LogP contribution in [0.4, 0.5) is 0 Å². The van der Waals surface area contributed by atoms with Gasteiger partial charge in [-0.2, -0.15) is 0 Å². The zero-order chi connectivity index (χ0) is 17.2. The van der Waals surface area contributed by atoms with Gasteiger partial charge in [0.1, 0.15) is 0 Å². The van der Waals surface area contributed by atoms with Crippen molar-refractivity contribution in [1.82, 2.24) is 0 Å². The molecule has 0 heterocycles. The van der Waals surface area contributed by atoms with Gasteiger partial charge in [-0.1, -0.05) is 42.5 Å². The Balaban J connectivity index is 0.000000134. The summed E-state index contributed by atoms with van der Waals surface area (Å²) in [6.07, 6.45) is 9.62. The van der Waals surface area contributed by atoms with Crippen molar-refractivity contribution < 1.29 is 9.90 Å². The highest BCUT2D eigenvalue weighted by molar-refractivity contribution is 5.89. The fraction of sp³-hybridized carbons (Fsp3) is 0.435. The van der Waals surface area contributed by atoms with Gasteiger partial charge in [-0.15, -0.1) is 0 Å². The van der Waals surface area contributed by atoms with Gasteiger partial charge in [-0.05, 0) is 85.5 Å². The van der Waals surface area contributed by atoms with Gasteiger partial charge in [0.2, 0.25) is 0 Å². The number of carbonyl (C=O) groups is 1. The van der Waals surface area contributed by atoms with Crippen LogP contribution in [-0.2, 0) is 0 Å². The molecular formula is C23H26O2. The normalized spacial score (nSPS) is 29.0. The third-order valence-corrected chi connectivity index (χ3v) is 6.22. The molecule has 0 radical (unpaired) electrons. The zero-order valence-corrected chi connectivity index (χ0v) is 14.6. The van der Waals surface area contributed by atoms with Gasteiger partial charge in [0.25, 0.3) is 0 Å². The van der Waals surface area contributed by atoms with Crippen molar-refractivity contribution in [3.05, 3.63) is 60.2 Å². The number of hydrogen-bond acceptors (Lipinski definition) is 1. The van der Waals surface area contributed by atoms with Gasteiger partial charge < -0.3 is 5.11 Å². The molecule has 1 N–H and O–H groups in total. The van der Waals surface area contributed by atoms with Crippen molar-refractivity contribution in [3.63, 3.8) is 0 Å². The van der Waals surface area contributed by atoms with Crippen LogP contribution >= 0.6 is 0 Å². The van der Waals surface area contributed by atoms with E-state index in [0.717, 1.165) is 11.1 Å². The number of aromatic carboxylic acids is 1. The molecule has 4 fully saturated rings. The molecule has 0 saturated heterocycles. The SMILES string of the molecule is C1C2CC3CC1CC(C2)C3.O=C(O)c1cccc(-c2ccccc2)c1. The molecule has 4 aliphatic carbocycles. The van der Waals surface area contributed by atoms with Gasteiger partial charge in [0.15, 0.2) is 0 Å². The van der Waals surface area contributed by atoms with Crippen LogP contribution in [0.2, 0.25) is 0 Å². The van der Waals surface area contributed by atoms with E-state index in [1.54, 1.807) is 56.7 Å². The Morgan fingerprint density at radius 1 is 0.680 bits per heavy atom. The lowest BCUT2D eigenvalue weighted by atomic mass is 9.56. The Morgan fingerprint density at radius 3 is 1.64 bits per heavy atom. The molecule has 0 aromatic heterocycles. The molecule has 2 heteroatoms. The summed E-state index contributed by atoms with van der Waals surface area (Å²) in [4.78, 5) is 10.8. The van der Waals surface area contributed by atoms with E-state index in [1.807, 2.05) is 36.4 Å². The number of benzene rings is 2. The Labute approximate surface area is 149 Å². The summed E-state index contributed by atoms with van der Waals surface area (Å²) in [6.45, 7) is 0. The molecule has 4 aliphatic rings. The molecule has 130 valence electrons. The van der Waals surface area contributed by atoms with Crippen LogP contribution < -0.4 is 0 Å². The first kappa shape index (κ1) is 16.4.